The minimum absolute atomic E-state index is 0.267. The third kappa shape index (κ3) is 2.28. The zero-order valence-corrected chi connectivity index (χ0v) is 10.3. The molecule has 7 nitrogen and oxygen atoms in total. The van der Waals surface area contributed by atoms with Crippen molar-refractivity contribution in [3.8, 4) is 0 Å². The highest BCUT2D eigenvalue weighted by Gasteiger charge is 2.45. The van der Waals surface area contributed by atoms with Crippen LogP contribution in [0.1, 0.15) is 0 Å². The Morgan fingerprint density at radius 2 is 2.16 bits per heavy atom. The van der Waals surface area contributed by atoms with Crippen molar-refractivity contribution >= 4 is 5.84 Å². The maximum absolute atomic E-state index is 9.95. The second kappa shape index (κ2) is 5.14. The first-order valence-corrected chi connectivity index (χ1v) is 5.78. The molecule has 1 saturated heterocycles. The van der Waals surface area contributed by atoms with Crippen molar-refractivity contribution in [1.29, 1.82) is 0 Å². The number of amidine groups is 1. The Morgan fingerprint density at radius 1 is 1.47 bits per heavy atom. The van der Waals surface area contributed by atoms with Gasteiger partial charge in [0.15, 0.2) is 6.23 Å². The maximum Gasteiger partial charge on any atom is 0.164 e. The minimum Gasteiger partial charge on any atom is -0.394 e. The van der Waals surface area contributed by atoms with Crippen LogP contribution in [0.15, 0.2) is 41.8 Å². The number of aliphatic hydroxyl groups excluding tert-OH is 3. The summed E-state index contributed by atoms with van der Waals surface area (Å²) in [6, 6.07) is 0. The van der Waals surface area contributed by atoms with E-state index < -0.39 is 31.1 Å². The highest BCUT2D eigenvalue weighted by Crippen LogP contribution is 2.29. The molecule has 0 aromatic heterocycles. The van der Waals surface area contributed by atoms with Gasteiger partial charge < -0.3 is 30.7 Å². The molecule has 5 N–H and O–H groups in total. The third-order valence-corrected chi connectivity index (χ3v) is 3.13. The maximum atomic E-state index is 9.95. The Morgan fingerprint density at radius 3 is 2.68 bits per heavy atom. The van der Waals surface area contributed by atoms with E-state index in [0.29, 0.717) is 5.57 Å². The van der Waals surface area contributed by atoms with E-state index in [1.54, 1.807) is 6.20 Å². The van der Waals surface area contributed by atoms with Crippen molar-refractivity contribution in [3.63, 3.8) is 0 Å². The van der Waals surface area contributed by atoms with Gasteiger partial charge in [-0.25, -0.2) is 4.99 Å². The largest absolute Gasteiger partial charge is 0.394 e. The standard InChI is InChI=1S/C12H17N3O4/c1-3-7-4-15(6(2)14-11(7)13)12-10(18)9(17)8(5-16)19-12/h3-4,8-10,12,16-18H,1-2,5H2,(H2,13,14)/t8-,9?,10+,12-/m1/s1. The summed E-state index contributed by atoms with van der Waals surface area (Å²) >= 11 is 0. The number of rotatable bonds is 3. The molecule has 2 heterocycles. The average Bonchev–Trinajstić information content (AvgIpc) is 2.67. The predicted octanol–water partition coefficient (Wildman–Crippen LogP) is -1.36. The van der Waals surface area contributed by atoms with Gasteiger partial charge in [0.25, 0.3) is 0 Å². The summed E-state index contributed by atoms with van der Waals surface area (Å²) < 4.78 is 5.40. The first kappa shape index (κ1) is 13.8. The van der Waals surface area contributed by atoms with Gasteiger partial charge in [-0.3, -0.25) is 0 Å². The molecule has 0 aliphatic carbocycles. The molecule has 0 spiro atoms. The van der Waals surface area contributed by atoms with E-state index in [1.807, 2.05) is 0 Å². The van der Waals surface area contributed by atoms with Gasteiger partial charge in [-0.05, 0) is 0 Å². The van der Waals surface area contributed by atoms with Crippen LogP contribution in [0.3, 0.4) is 0 Å². The first-order valence-electron chi connectivity index (χ1n) is 5.78. The lowest BCUT2D eigenvalue weighted by atomic mass is 10.1. The number of nitrogens with two attached hydrogens (primary N) is 1. The molecule has 1 fully saturated rings. The van der Waals surface area contributed by atoms with E-state index in [2.05, 4.69) is 18.2 Å². The van der Waals surface area contributed by atoms with E-state index in [0.717, 1.165) is 0 Å². The summed E-state index contributed by atoms with van der Waals surface area (Å²) in [5.74, 6) is 0.543. The fourth-order valence-electron chi connectivity index (χ4n) is 2.04. The van der Waals surface area contributed by atoms with Crippen LogP contribution in [0, 0.1) is 0 Å². The van der Waals surface area contributed by atoms with Gasteiger partial charge in [-0.15, -0.1) is 0 Å². The molecule has 104 valence electrons. The zero-order chi connectivity index (χ0) is 14.2. The Kier molecular flexibility index (Phi) is 3.72. The second-order valence-corrected chi connectivity index (χ2v) is 4.34. The van der Waals surface area contributed by atoms with Gasteiger partial charge in [0.2, 0.25) is 0 Å². The number of aliphatic imine (C=N–C) groups is 1. The van der Waals surface area contributed by atoms with Gasteiger partial charge in [0, 0.05) is 11.8 Å². The Labute approximate surface area is 110 Å². The number of aliphatic hydroxyl groups is 3. The van der Waals surface area contributed by atoms with Gasteiger partial charge in [0.1, 0.15) is 30.0 Å². The van der Waals surface area contributed by atoms with Crippen molar-refractivity contribution in [1.82, 2.24) is 4.90 Å². The van der Waals surface area contributed by atoms with Crippen LogP contribution in [0.5, 0.6) is 0 Å². The Balaban J connectivity index is 2.25. The van der Waals surface area contributed by atoms with Crippen molar-refractivity contribution < 1.29 is 20.1 Å². The molecule has 0 bridgehead atoms. The van der Waals surface area contributed by atoms with Gasteiger partial charge in [-0.1, -0.05) is 19.2 Å². The summed E-state index contributed by atoms with van der Waals surface area (Å²) in [5, 5.41) is 28.7. The second-order valence-electron chi connectivity index (χ2n) is 4.34. The van der Waals surface area contributed by atoms with Crippen LogP contribution in [0.2, 0.25) is 0 Å². The summed E-state index contributed by atoms with van der Waals surface area (Å²) in [6.07, 6.45) is -1.00. The van der Waals surface area contributed by atoms with Crippen LogP contribution in [-0.2, 0) is 4.74 Å². The monoisotopic (exact) mass is 267 g/mol. The molecule has 0 radical (unpaired) electrons. The van der Waals surface area contributed by atoms with Crippen molar-refractivity contribution in [3.05, 3.63) is 36.8 Å². The first-order chi connectivity index (χ1) is 8.99. The van der Waals surface area contributed by atoms with E-state index >= 15 is 0 Å². The molecular formula is C12H17N3O4. The number of ether oxygens (including phenoxy) is 1. The van der Waals surface area contributed by atoms with Gasteiger partial charge in [0.05, 0.1) is 6.61 Å². The number of nitrogens with zero attached hydrogens (tertiary/aromatic N) is 2. The summed E-state index contributed by atoms with van der Waals surface area (Å²) in [5.41, 5.74) is 6.25. The SMILES string of the molecule is C=CC1=CN([C@@H]2O[C@H](CO)C(O)[C@@H]2O)C(=C)N=C1N. The van der Waals surface area contributed by atoms with E-state index in [4.69, 9.17) is 15.6 Å². The van der Waals surface area contributed by atoms with E-state index in [9.17, 15) is 10.2 Å². The normalized spacial score (nSPS) is 35.1. The molecule has 19 heavy (non-hydrogen) atoms. The van der Waals surface area contributed by atoms with Crippen LogP contribution in [0.4, 0.5) is 0 Å². The van der Waals surface area contributed by atoms with Gasteiger partial charge >= 0.3 is 0 Å². The van der Waals surface area contributed by atoms with Gasteiger partial charge in [-0.2, -0.15) is 0 Å². The van der Waals surface area contributed by atoms with E-state index in [1.165, 1.54) is 11.0 Å². The number of hydrogen-bond donors (Lipinski definition) is 4. The summed E-state index contributed by atoms with van der Waals surface area (Å²) in [7, 11) is 0. The highest BCUT2D eigenvalue weighted by atomic mass is 16.6. The van der Waals surface area contributed by atoms with Crippen molar-refractivity contribution in [2.24, 2.45) is 10.7 Å². The molecule has 0 amide bonds. The average molecular weight is 267 g/mol. The molecule has 2 aliphatic heterocycles. The molecule has 0 aromatic rings. The summed E-state index contributed by atoms with van der Waals surface area (Å²) in [6.45, 7) is 6.93. The van der Waals surface area contributed by atoms with Crippen LogP contribution in [-0.4, -0.2) is 57.2 Å². The third-order valence-electron chi connectivity index (χ3n) is 3.13. The Bertz CT molecular complexity index is 460. The summed E-state index contributed by atoms with van der Waals surface area (Å²) in [4.78, 5) is 5.48. The lowest BCUT2D eigenvalue weighted by Gasteiger charge is -2.31. The lowest BCUT2D eigenvalue weighted by Crippen LogP contribution is -2.42. The smallest absolute Gasteiger partial charge is 0.164 e. The lowest BCUT2D eigenvalue weighted by molar-refractivity contribution is -0.0693. The fourth-order valence-corrected chi connectivity index (χ4v) is 2.04. The quantitative estimate of drug-likeness (QED) is 0.502. The highest BCUT2D eigenvalue weighted by molar-refractivity contribution is 6.00. The van der Waals surface area contributed by atoms with Crippen molar-refractivity contribution in [2.45, 2.75) is 24.5 Å². The molecule has 2 aliphatic rings. The minimum atomic E-state index is -1.19. The van der Waals surface area contributed by atoms with Crippen LogP contribution < -0.4 is 5.73 Å². The topological polar surface area (TPSA) is 112 Å². The van der Waals surface area contributed by atoms with E-state index in [-0.39, 0.29) is 11.7 Å². The Hall–Kier alpha value is -1.67. The fraction of sp³-hybridized carbons (Fsp3) is 0.417. The molecular weight excluding hydrogens is 250 g/mol. The number of hydrogen-bond acceptors (Lipinski definition) is 7. The molecule has 2 rings (SSSR count). The molecule has 1 unspecified atom stereocenters. The molecule has 0 aromatic carbocycles. The predicted molar refractivity (Wildman–Crippen MR) is 68.6 cm³/mol. The zero-order valence-electron chi connectivity index (χ0n) is 10.3. The van der Waals surface area contributed by atoms with Crippen molar-refractivity contribution in [2.75, 3.05) is 6.61 Å². The molecule has 0 saturated carbocycles. The molecule has 4 atom stereocenters. The van der Waals surface area contributed by atoms with Crippen LogP contribution >= 0.6 is 0 Å². The van der Waals surface area contributed by atoms with Crippen LogP contribution in [0.25, 0.3) is 0 Å². The molecule has 7 heteroatoms.